The van der Waals surface area contributed by atoms with E-state index in [0.717, 1.165) is 6.07 Å². The summed E-state index contributed by atoms with van der Waals surface area (Å²) in [5.74, 6) is -0.765. The van der Waals surface area contributed by atoms with Gasteiger partial charge in [-0.05, 0) is 42.5 Å². The molecule has 0 unspecified atom stereocenters. The molecule has 0 aromatic heterocycles. The molecule has 2 aromatic carbocycles. The fraction of sp³-hybridized carbons (Fsp3) is 0.0667. The maximum atomic E-state index is 11.7. The minimum Gasteiger partial charge on any atom is -0.507 e. The maximum Gasteiger partial charge on any atom is 0.417 e. The lowest BCUT2D eigenvalue weighted by Crippen LogP contribution is -2.17. The predicted octanol–water partition coefficient (Wildman–Crippen LogP) is 2.71. The van der Waals surface area contributed by atoms with Gasteiger partial charge in [0.05, 0.1) is 7.11 Å². The summed E-state index contributed by atoms with van der Waals surface area (Å²) >= 11 is 0. The van der Waals surface area contributed by atoms with E-state index in [9.17, 15) is 14.7 Å². The van der Waals surface area contributed by atoms with Gasteiger partial charge in [0.2, 0.25) is 0 Å². The summed E-state index contributed by atoms with van der Waals surface area (Å²) in [4.78, 5) is 22.6. The van der Waals surface area contributed by atoms with Crippen LogP contribution in [0.2, 0.25) is 0 Å². The third-order valence-corrected chi connectivity index (χ3v) is 2.74. The number of hydrogen-bond donors (Lipinski definition) is 3. The van der Waals surface area contributed by atoms with Gasteiger partial charge in [0.25, 0.3) is 0 Å². The van der Waals surface area contributed by atoms with Crippen LogP contribution in [0.1, 0.15) is 10.4 Å². The number of rotatable bonds is 4. The molecule has 0 saturated heterocycles. The molecule has 2 rings (SSSR count). The molecule has 0 radical (unpaired) electrons. The van der Waals surface area contributed by atoms with E-state index in [1.54, 1.807) is 24.3 Å². The Balaban J connectivity index is 2.05. The van der Waals surface area contributed by atoms with Crippen LogP contribution in [0.3, 0.4) is 0 Å². The molecule has 0 aliphatic heterocycles. The molecule has 0 atom stereocenters. The number of nitrogens with one attached hydrogen (secondary N) is 1. The number of carboxylic acid groups (broad SMARTS) is 1. The van der Waals surface area contributed by atoms with E-state index in [1.165, 1.54) is 19.2 Å². The van der Waals surface area contributed by atoms with Gasteiger partial charge in [-0.2, -0.15) is 0 Å². The van der Waals surface area contributed by atoms with E-state index >= 15 is 0 Å². The molecule has 0 bridgehead atoms. The second-order valence-corrected chi connectivity index (χ2v) is 4.23. The summed E-state index contributed by atoms with van der Waals surface area (Å²) in [7, 11) is 1.52. The summed E-state index contributed by atoms with van der Waals surface area (Å²) in [6, 6.07) is 10.0. The molecule has 114 valence electrons. The monoisotopic (exact) mass is 303 g/mol. The number of anilines is 1. The molecule has 0 aliphatic rings. The summed E-state index contributed by atoms with van der Waals surface area (Å²) in [6.45, 7) is 0. The highest BCUT2D eigenvalue weighted by atomic mass is 16.6. The first-order chi connectivity index (χ1) is 10.5. The van der Waals surface area contributed by atoms with Gasteiger partial charge in [-0.3, -0.25) is 5.32 Å². The number of ether oxygens (including phenoxy) is 2. The molecular formula is C15H13NO6. The summed E-state index contributed by atoms with van der Waals surface area (Å²) < 4.78 is 10.0. The van der Waals surface area contributed by atoms with Gasteiger partial charge in [0.15, 0.2) is 0 Å². The van der Waals surface area contributed by atoms with Crippen molar-refractivity contribution in [3.63, 3.8) is 0 Å². The number of amides is 1. The number of phenols is 1. The fourth-order valence-electron chi connectivity index (χ4n) is 1.68. The zero-order chi connectivity index (χ0) is 16.1. The molecule has 0 saturated carbocycles. The third kappa shape index (κ3) is 3.66. The molecule has 2 aromatic rings. The molecule has 0 aliphatic carbocycles. The minimum atomic E-state index is -1.30. The molecular weight excluding hydrogens is 290 g/mol. The highest BCUT2D eigenvalue weighted by Gasteiger charge is 2.12. The molecule has 7 nitrogen and oxygen atoms in total. The van der Waals surface area contributed by atoms with Crippen molar-refractivity contribution in [2.24, 2.45) is 0 Å². The summed E-state index contributed by atoms with van der Waals surface area (Å²) in [6.07, 6.45) is -0.785. The zero-order valence-corrected chi connectivity index (χ0v) is 11.6. The average Bonchev–Trinajstić information content (AvgIpc) is 2.49. The van der Waals surface area contributed by atoms with E-state index in [0.29, 0.717) is 11.5 Å². The normalized spacial score (nSPS) is 9.86. The van der Waals surface area contributed by atoms with E-state index < -0.39 is 12.1 Å². The molecule has 1 amide bonds. The Morgan fingerprint density at radius 3 is 2.27 bits per heavy atom. The van der Waals surface area contributed by atoms with Gasteiger partial charge in [0.1, 0.15) is 22.8 Å². The first kappa shape index (κ1) is 15.2. The highest BCUT2D eigenvalue weighted by Crippen LogP contribution is 2.22. The van der Waals surface area contributed by atoms with Crippen LogP contribution in [-0.4, -0.2) is 29.4 Å². The molecule has 0 spiro atoms. The van der Waals surface area contributed by atoms with E-state index in [-0.39, 0.29) is 17.0 Å². The first-order valence-electron chi connectivity index (χ1n) is 6.19. The van der Waals surface area contributed by atoms with Crippen molar-refractivity contribution in [1.29, 1.82) is 0 Å². The van der Waals surface area contributed by atoms with E-state index in [1.807, 2.05) is 0 Å². The average molecular weight is 303 g/mol. The molecule has 22 heavy (non-hydrogen) atoms. The van der Waals surface area contributed by atoms with Gasteiger partial charge >= 0.3 is 12.1 Å². The van der Waals surface area contributed by atoms with Crippen LogP contribution < -0.4 is 14.8 Å². The van der Waals surface area contributed by atoms with Crippen molar-refractivity contribution >= 4 is 17.7 Å². The lowest BCUT2D eigenvalue weighted by Gasteiger charge is -2.08. The first-order valence-corrected chi connectivity index (χ1v) is 6.19. The van der Waals surface area contributed by atoms with Crippen molar-refractivity contribution in [3.8, 4) is 17.2 Å². The van der Waals surface area contributed by atoms with Gasteiger partial charge < -0.3 is 19.7 Å². The number of carbonyl (C=O) groups excluding carboxylic acids is 1. The smallest absolute Gasteiger partial charge is 0.417 e. The number of aromatic carboxylic acids is 1. The van der Waals surface area contributed by atoms with Crippen LogP contribution in [0.25, 0.3) is 0 Å². The van der Waals surface area contributed by atoms with Crippen molar-refractivity contribution in [1.82, 2.24) is 0 Å². The van der Waals surface area contributed by atoms with Crippen molar-refractivity contribution in [2.45, 2.75) is 0 Å². The number of benzene rings is 2. The predicted molar refractivity (Wildman–Crippen MR) is 77.7 cm³/mol. The standard InChI is InChI=1S/C15H13NO6/c1-21-10-3-5-11(6-4-10)22-15(20)16-9-2-7-13(17)12(8-9)14(18)19/h2-8,17H,1H3,(H,16,20)(H,18,19). The van der Waals surface area contributed by atoms with Crippen LogP contribution in [0, 0.1) is 0 Å². The lowest BCUT2D eigenvalue weighted by atomic mass is 10.2. The van der Waals surface area contributed by atoms with Gasteiger partial charge in [-0.1, -0.05) is 0 Å². The quantitative estimate of drug-likeness (QED) is 0.750. The Kier molecular flexibility index (Phi) is 4.47. The van der Waals surface area contributed by atoms with Crippen LogP contribution in [0.5, 0.6) is 17.2 Å². The molecule has 0 heterocycles. The Morgan fingerprint density at radius 2 is 1.68 bits per heavy atom. The number of aromatic hydroxyl groups is 1. The number of hydrogen-bond acceptors (Lipinski definition) is 5. The minimum absolute atomic E-state index is 0.189. The summed E-state index contributed by atoms with van der Waals surface area (Å²) in [5, 5.41) is 20.7. The Hall–Kier alpha value is -3.22. The number of carbonyl (C=O) groups is 2. The van der Waals surface area contributed by atoms with Gasteiger partial charge in [-0.25, -0.2) is 9.59 Å². The lowest BCUT2D eigenvalue weighted by molar-refractivity contribution is 0.0693. The van der Waals surface area contributed by atoms with Crippen LogP contribution in [0.15, 0.2) is 42.5 Å². The van der Waals surface area contributed by atoms with Gasteiger partial charge in [0, 0.05) is 5.69 Å². The maximum absolute atomic E-state index is 11.7. The number of methoxy groups -OCH3 is 1. The van der Waals surface area contributed by atoms with Crippen molar-refractivity contribution < 1.29 is 29.3 Å². The van der Waals surface area contributed by atoms with Crippen LogP contribution in [-0.2, 0) is 0 Å². The van der Waals surface area contributed by atoms with Crippen LogP contribution in [0.4, 0.5) is 10.5 Å². The molecule has 0 fully saturated rings. The Labute approximate surface area is 125 Å². The largest absolute Gasteiger partial charge is 0.507 e. The van der Waals surface area contributed by atoms with Crippen LogP contribution >= 0.6 is 0 Å². The van der Waals surface area contributed by atoms with Gasteiger partial charge in [-0.15, -0.1) is 0 Å². The zero-order valence-electron chi connectivity index (χ0n) is 11.6. The second kappa shape index (κ2) is 6.49. The number of carboxylic acids is 1. The highest BCUT2D eigenvalue weighted by molar-refractivity contribution is 5.94. The van der Waals surface area contributed by atoms with Crippen molar-refractivity contribution in [2.75, 3.05) is 12.4 Å². The third-order valence-electron chi connectivity index (χ3n) is 2.74. The Morgan fingerprint density at radius 1 is 1.05 bits per heavy atom. The van der Waals surface area contributed by atoms with E-state index in [2.05, 4.69) is 5.32 Å². The molecule has 3 N–H and O–H groups in total. The SMILES string of the molecule is COc1ccc(OC(=O)Nc2ccc(O)c(C(=O)O)c2)cc1. The summed E-state index contributed by atoms with van der Waals surface area (Å²) in [5.41, 5.74) is -0.129. The van der Waals surface area contributed by atoms with Crippen molar-refractivity contribution in [3.05, 3.63) is 48.0 Å². The second-order valence-electron chi connectivity index (χ2n) is 4.23. The van der Waals surface area contributed by atoms with E-state index in [4.69, 9.17) is 14.6 Å². The fourth-order valence-corrected chi connectivity index (χ4v) is 1.68. The molecule has 7 heteroatoms. The topological polar surface area (TPSA) is 105 Å². The Bertz CT molecular complexity index is 696.